The Bertz CT molecular complexity index is 1480. The summed E-state index contributed by atoms with van der Waals surface area (Å²) < 4.78 is 39.0. The van der Waals surface area contributed by atoms with Crippen molar-refractivity contribution in [1.29, 1.82) is 0 Å². The number of thiol groups is 1. The lowest BCUT2D eigenvalue weighted by Gasteiger charge is -2.24. The Morgan fingerprint density at radius 3 is 2.39 bits per heavy atom. The first kappa shape index (κ1) is 32.0. The molecular formula is C30H37F2N5O3S. The number of alkyl halides is 2. The molecule has 4 rings (SSSR count). The molecule has 0 aliphatic heterocycles. The zero-order valence-corrected chi connectivity index (χ0v) is 25.3. The van der Waals surface area contributed by atoms with E-state index in [-0.39, 0.29) is 29.0 Å². The van der Waals surface area contributed by atoms with Gasteiger partial charge >= 0.3 is 6.61 Å². The zero-order valence-electron chi connectivity index (χ0n) is 24.4. The van der Waals surface area contributed by atoms with E-state index in [9.17, 15) is 13.6 Å². The van der Waals surface area contributed by atoms with Crippen LogP contribution >= 0.6 is 12.6 Å². The number of methoxy groups -OCH3 is 1. The highest BCUT2D eigenvalue weighted by molar-refractivity contribution is 7.79. The van der Waals surface area contributed by atoms with Gasteiger partial charge in [0.15, 0.2) is 17.7 Å². The molecule has 0 N–H and O–H groups in total. The van der Waals surface area contributed by atoms with E-state index in [0.717, 1.165) is 17.7 Å². The van der Waals surface area contributed by atoms with E-state index in [0.29, 0.717) is 41.1 Å². The number of carbonyl (C=O) groups excluding carboxylic acids is 1. The van der Waals surface area contributed by atoms with Crippen LogP contribution in [-0.2, 0) is 0 Å². The van der Waals surface area contributed by atoms with Crippen LogP contribution in [0.25, 0.3) is 28.1 Å². The van der Waals surface area contributed by atoms with E-state index < -0.39 is 6.61 Å². The maximum absolute atomic E-state index is 13.4. The monoisotopic (exact) mass is 585 g/mol. The molecule has 0 saturated heterocycles. The average Bonchev–Trinajstić information content (AvgIpc) is 3.34. The molecule has 0 radical (unpaired) electrons. The number of hydrogen-bond donors (Lipinski definition) is 1. The topological polar surface area (TPSA) is 82.4 Å². The van der Waals surface area contributed by atoms with Crippen molar-refractivity contribution < 1.29 is 23.0 Å². The number of imidazole rings is 1. The van der Waals surface area contributed by atoms with Gasteiger partial charge in [-0.1, -0.05) is 26.8 Å². The Balaban J connectivity index is 0.00000226. The quantitative estimate of drug-likeness (QED) is 0.150. The Morgan fingerprint density at radius 2 is 1.80 bits per heavy atom. The lowest BCUT2D eigenvalue weighted by atomic mass is 10.0. The Labute approximate surface area is 245 Å². The number of rotatable bonds is 11. The summed E-state index contributed by atoms with van der Waals surface area (Å²) in [5, 5.41) is 0. The molecule has 2 atom stereocenters. The van der Waals surface area contributed by atoms with Gasteiger partial charge in [-0.15, -0.1) is 0 Å². The van der Waals surface area contributed by atoms with Crippen LogP contribution in [0.5, 0.6) is 11.5 Å². The predicted octanol–water partition coefficient (Wildman–Crippen LogP) is 6.98. The third-order valence-corrected chi connectivity index (χ3v) is 6.91. The first-order valence-corrected chi connectivity index (χ1v) is 14.2. The Kier molecular flexibility index (Phi) is 11.2. The number of benzene rings is 1. The van der Waals surface area contributed by atoms with E-state index >= 15 is 0 Å². The van der Waals surface area contributed by atoms with E-state index in [1.165, 1.54) is 12.1 Å². The normalized spacial score (nSPS) is 12.7. The van der Waals surface area contributed by atoms with Crippen molar-refractivity contribution in [3.63, 3.8) is 0 Å². The van der Waals surface area contributed by atoms with Crippen molar-refractivity contribution in [2.45, 2.75) is 52.2 Å². The number of pyridine rings is 2. The Hall–Kier alpha value is -3.57. The minimum Gasteiger partial charge on any atom is -0.495 e. The smallest absolute Gasteiger partial charge is 0.387 e. The van der Waals surface area contributed by atoms with E-state index in [1.807, 2.05) is 44.1 Å². The number of nitrogens with zero attached hydrogens (tertiary/aromatic N) is 5. The number of aromatic nitrogens is 4. The highest BCUT2D eigenvalue weighted by Gasteiger charge is 2.27. The number of hydrogen-bond acceptors (Lipinski definition) is 8. The molecule has 220 valence electrons. The summed E-state index contributed by atoms with van der Waals surface area (Å²) in [4.78, 5) is 28.5. The predicted molar refractivity (Wildman–Crippen MR) is 161 cm³/mol. The molecule has 11 heteroatoms. The van der Waals surface area contributed by atoms with Gasteiger partial charge in [-0.25, -0.2) is 9.97 Å². The van der Waals surface area contributed by atoms with Crippen molar-refractivity contribution in [3.05, 3.63) is 59.7 Å². The number of fused-ring (bicyclic) bond motifs is 1. The minimum atomic E-state index is -3.08. The molecule has 4 aromatic rings. The molecular weight excluding hydrogens is 548 g/mol. The Morgan fingerprint density at radius 1 is 1.07 bits per heavy atom. The number of ether oxygens (including phenoxy) is 2. The fourth-order valence-electron chi connectivity index (χ4n) is 4.75. The van der Waals surface area contributed by atoms with Gasteiger partial charge in [-0.05, 0) is 63.5 Å². The van der Waals surface area contributed by atoms with E-state index in [2.05, 4.69) is 31.5 Å². The van der Waals surface area contributed by atoms with Gasteiger partial charge in [0.2, 0.25) is 0 Å². The van der Waals surface area contributed by atoms with Crippen LogP contribution in [0.1, 0.15) is 67.4 Å². The van der Waals surface area contributed by atoms with Crippen LogP contribution in [0.3, 0.4) is 0 Å². The van der Waals surface area contributed by atoms with Crippen LogP contribution in [-0.4, -0.2) is 64.8 Å². The second-order valence-electron chi connectivity index (χ2n) is 9.54. The lowest BCUT2D eigenvalue weighted by molar-refractivity contribution is -0.0498. The van der Waals surface area contributed by atoms with Gasteiger partial charge in [-0.3, -0.25) is 19.2 Å². The lowest BCUT2D eigenvalue weighted by Crippen LogP contribution is -2.23. The molecule has 3 heterocycles. The highest BCUT2D eigenvalue weighted by atomic mass is 32.1. The van der Waals surface area contributed by atoms with Gasteiger partial charge in [-0.2, -0.15) is 21.4 Å². The molecule has 0 spiro atoms. The van der Waals surface area contributed by atoms with Gasteiger partial charge in [0, 0.05) is 23.2 Å². The maximum atomic E-state index is 13.4. The first-order chi connectivity index (χ1) is 19.7. The van der Waals surface area contributed by atoms with Gasteiger partial charge < -0.3 is 9.47 Å². The second kappa shape index (κ2) is 14.4. The standard InChI is InChI=1S/C29H33F2N5O3.CH4S/c1-7-17(3)25-24(38-6)14-19(15-32-25)20-12-13-21-27(33-20)36(28(34-21)22(8-2)35(4)5)26-18(16-37)10-9-11-23(26)39-29(30)31;1-2/h9-17,22,29H,7-8H2,1-6H3;2H,1H3. The van der Waals surface area contributed by atoms with Crippen molar-refractivity contribution in [2.75, 3.05) is 27.5 Å². The van der Waals surface area contributed by atoms with Gasteiger partial charge in [0.25, 0.3) is 0 Å². The highest BCUT2D eigenvalue weighted by Crippen LogP contribution is 2.36. The van der Waals surface area contributed by atoms with Crippen molar-refractivity contribution >= 4 is 30.1 Å². The molecule has 0 aliphatic carbocycles. The summed E-state index contributed by atoms with van der Waals surface area (Å²) in [5.74, 6) is 1.30. The number of halogens is 2. The molecule has 3 aromatic heterocycles. The van der Waals surface area contributed by atoms with Crippen molar-refractivity contribution in [2.24, 2.45) is 0 Å². The van der Waals surface area contributed by atoms with Crippen molar-refractivity contribution in [3.8, 4) is 28.4 Å². The molecule has 1 aromatic carbocycles. The third kappa shape index (κ3) is 6.68. The van der Waals surface area contributed by atoms with E-state index in [4.69, 9.17) is 19.4 Å². The number of carbonyl (C=O) groups is 1. The van der Waals surface area contributed by atoms with Crippen LogP contribution in [0, 0.1) is 0 Å². The van der Waals surface area contributed by atoms with Crippen LogP contribution in [0.15, 0.2) is 42.6 Å². The SMILES string of the molecule is CCC(C)c1ncc(-c2ccc3nc(C(CC)N(C)C)n(-c4c(C=O)cccc4OC(F)F)c3n2)cc1OC.CS. The summed E-state index contributed by atoms with van der Waals surface area (Å²) in [6.45, 7) is 3.11. The summed E-state index contributed by atoms with van der Waals surface area (Å²) in [6, 6.07) is 9.82. The molecule has 0 bridgehead atoms. The molecule has 41 heavy (non-hydrogen) atoms. The second-order valence-corrected chi connectivity index (χ2v) is 9.54. The molecule has 0 aliphatic rings. The largest absolute Gasteiger partial charge is 0.495 e. The molecule has 0 amide bonds. The fourth-order valence-corrected chi connectivity index (χ4v) is 4.75. The van der Waals surface area contributed by atoms with Gasteiger partial charge in [0.1, 0.15) is 22.8 Å². The first-order valence-electron chi connectivity index (χ1n) is 13.3. The summed E-state index contributed by atoms with van der Waals surface area (Å²) in [6.07, 6.45) is 5.65. The van der Waals surface area contributed by atoms with E-state index in [1.54, 1.807) is 30.2 Å². The molecule has 0 saturated carbocycles. The van der Waals surface area contributed by atoms with Gasteiger partial charge in [0.05, 0.1) is 24.5 Å². The maximum Gasteiger partial charge on any atom is 0.387 e. The fraction of sp³-hybridized carbons (Fsp3) is 0.400. The summed E-state index contributed by atoms with van der Waals surface area (Å²) in [7, 11) is 5.43. The van der Waals surface area contributed by atoms with Crippen LogP contribution in [0.2, 0.25) is 0 Å². The number of para-hydroxylation sites is 1. The van der Waals surface area contributed by atoms with Crippen molar-refractivity contribution in [1.82, 2.24) is 24.4 Å². The molecule has 8 nitrogen and oxygen atoms in total. The minimum absolute atomic E-state index is 0.141. The van der Waals surface area contributed by atoms with Crippen LogP contribution < -0.4 is 9.47 Å². The average molecular weight is 586 g/mol. The summed E-state index contributed by atoms with van der Waals surface area (Å²) >= 11 is 3.53. The van der Waals surface area contributed by atoms with Crippen LogP contribution in [0.4, 0.5) is 8.78 Å². The number of aldehydes is 1. The zero-order chi connectivity index (χ0) is 30.3. The third-order valence-electron chi connectivity index (χ3n) is 6.91. The molecule has 2 unspecified atom stereocenters. The molecule has 0 fully saturated rings. The summed E-state index contributed by atoms with van der Waals surface area (Å²) in [5.41, 5.74) is 3.48.